The van der Waals surface area contributed by atoms with E-state index in [1.807, 2.05) is 24.3 Å². The maximum absolute atomic E-state index is 13.0. The summed E-state index contributed by atoms with van der Waals surface area (Å²) in [5.74, 6) is -2.18. The number of nitrogens with one attached hydrogen (secondary N) is 2. The Morgan fingerprint density at radius 1 is 1.42 bits per heavy atom. The van der Waals surface area contributed by atoms with Gasteiger partial charge in [0.25, 0.3) is 5.92 Å². The summed E-state index contributed by atoms with van der Waals surface area (Å²) in [5.41, 5.74) is 0.763. The van der Waals surface area contributed by atoms with Crippen molar-refractivity contribution in [2.75, 3.05) is 25.1 Å². The minimum atomic E-state index is -2.62. The molecule has 1 aliphatic carbocycles. The number of hydrogen-bond acceptors (Lipinski definition) is 5. The Kier molecular flexibility index (Phi) is 4.26. The monoisotopic (exact) mass is 364 g/mol. The quantitative estimate of drug-likeness (QED) is 0.867. The lowest BCUT2D eigenvalue weighted by molar-refractivity contribution is -0.134. The van der Waals surface area contributed by atoms with Crippen LogP contribution in [0.3, 0.4) is 0 Å². The molecule has 1 aliphatic heterocycles. The van der Waals surface area contributed by atoms with Crippen LogP contribution >= 0.6 is 0 Å². The fourth-order valence-corrected chi connectivity index (χ4v) is 3.78. The fourth-order valence-electron chi connectivity index (χ4n) is 3.78. The second kappa shape index (κ2) is 6.46. The molecule has 1 amide bonds. The van der Waals surface area contributed by atoms with Gasteiger partial charge in [-0.05, 0) is 18.9 Å². The molecule has 0 spiro atoms. The highest BCUT2D eigenvalue weighted by Gasteiger charge is 2.46. The first kappa shape index (κ1) is 17.1. The van der Waals surface area contributed by atoms with E-state index in [2.05, 4.69) is 25.3 Å². The zero-order valence-electron chi connectivity index (χ0n) is 14.6. The van der Waals surface area contributed by atoms with Crippen molar-refractivity contribution in [2.45, 2.75) is 37.6 Å². The summed E-state index contributed by atoms with van der Waals surface area (Å²) in [6.45, 7) is 1.36. The van der Waals surface area contributed by atoms with Crippen molar-refractivity contribution in [1.29, 1.82) is 0 Å². The van der Waals surface area contributed by atoms with Crippen LogP contribution in [0.4, 0.5) is 14.6 Å². The predicted molar refractivity (Wildman–Crippen MR) is 92.7 cm³/mol. The molecule has 0 aromatic carbocycles. The highest BCUT2D eigenvalue weighted by molar-refractivity contribution is 5.87. The Morgan fingerprint density at radius 2 is 2.23 bits per heavy atom. The van der Waals surface area contributed by atoms with Crippen LogP contribution in [-0.4, -0.2) is 58.0 Å². The average molecular weight is 364 g/mol. The number of nitrogens with zero attached hydrogens (tertiary/aromatic N) is 4. The number of amides is 1. The van der Waals surface area contributed by atoms with E-state index in [0.717, 1.165) is 36.2 Å². The molecule has 3 heterocycles. The van der Waals surface area contributed by atoms with Crippen molar-refractivity contribution in [1.82, 2.24) is 25.3 Å². The molecule has 1 atom stereocenters. The minimum absolute atomic E-state index is 0.127. The van der Waals surface area contributed by atoms with Crippen molar-refractivity contribution in [3.63, 3.8) is 0 Å². The molecule has 7 nitrogen and oxygen atoms in total. The Hall–Kier alpha value is -2.29. The maximum Gasteiger partial charge on any atom is 0.252 e. The smallest absolute Gasteiger partial charge is 0.252 e. The minimum Gasteiger partial charge on any atom is -0.353 e. The normalized spacial score (nSPS) is 23.6. The van der Waals surface area contributed by atoms with Gasteiger partial charge >= 0.3 is 0 Å². The summed E-state index contributed by atoms with van der Waals surface area (Å²) in [4.78, 5) is 24.1. The van der Waals surface area contributed by atoms with Crippen LogP contribution < -0.4 is 10.3 Å². The highest BCUT2D eigenvalue weighted by Crippen LogP contribution is 2.37. The molecule has 9 heteroatoms. The molecule has 2 fully saturated rings. The number of carbonyl (C=O) groups is 1. The first-order valence-corrected chi connectivity index (χ1v) is 8.88. The lowest BCUT2D eigenvalue weighted by atomic mass is 9.87. The van der Waals surface area contributed by atoms with Gasteiger partial charge in [-0.2, -0.15) is 0 Å². The summed E-state index contributed by atoms with van der Waals surface area (Å²) in [5, 5.41) is 7.72. The fraction of sp³-hybridized carbons (Fsp3) is 0.588. The molecule has 1 saturated heterocycles. The average Bonchev–Trinajstić information content (AvgIpc) is 3.08. The van der Waals surface area contributed by atoms with E-state index < -0.39 is 12.0 Å². The number of carbonyl (C=O) groups excluding carboxylic acids is 1. The van der Waals surface area contributed by atoms with E-state index in [0.29, 0.717) is 6.54 Å². The summed E-state index contributed by atoms with van der Waals surface area (Å²) in [7, 11) is 1.92. The second-order valence-corrected chi connectivity index (χ2v) is 7.18. The highest BCUT2D eigenvalue weighted by atomic mass is 19.3. The standard InChI is InChI=1S/C17H22F2N6O/c1-24(15-13-4-5-20-14(13)21-10-22-15)25-6-2-3-11(9-25)16(26)23-12-7-17(18,19)8-12/h4-5,10-12H,2-3,6-9H2,1H3,(H,23,26)(H,20,21,22). The van der Waals surface area contributed by atoms with E-state index in [1.54, 1.807) is 0 Å². The van der Waals surface area contributed by atoms with Gasteiger partial charge in [0.05, 0.1) is 11.3 Å². The van der Waals surface area contributed by atoms with E-state index in [9.17, 15) is 13.6 Å². The number of hydrazine groups is 1. The van der Waals surface area contributed by atoms with Gasteiger partial charge in [-0.3, -0.25) is 9.80 Å². The number of hydrogen-bond donors (Lipinski definition) is 2. The lowest BCUT2D eigenvalue weighted by Gasteiger charge is -2.40. The lowest BCUT2D eigenvalue weighted by Crippen LogP contribution is -2.55. The second-order valence-electron chi connectivity index (χ2n) is 7.18. The number of halogens is 2. The van der Waals surface area contributed by atoms with Crippen LogP contribution in [-0.2, 0) is 4.79 Å². The van der Waals surface area contributed by atoms with Crippen molar-refractivity contribution >= 4 is 22.8 Å². The topological polar surface area (TPSA) is 77.2 Å². The van der Waals surface area contributed by atoms with E-state index in [-0.39, 0.29) is 24.7 Å². The van der Waals surface area contributed by atoms with Crippen molar-refractivity contribution in [3.05, 3.63) is 18.6 Å². The number of fused-ring (bicyclic) bond motifs is 1. The molecule has 1 unspecified atom stereocenters. The molecular weight excluding hydrogens is 342 g/mol. The zero-order valence-corrected chi connectivity index (χ0v) is 14.6. The predicted octanol–water partition coefficient (Wildman–Crippen LogP) is 1.93. The van der Waals surface area contributed by atoms with Gasteiger partial charge in [-0.15, -0.1) is 0 Å². The van der Waals surface area contributed by atoms with E-state index in [1.165, 1.54) is 6.33 Å². The SMILES string of the molecule is CN(c1ncnc2[nH]ccc12)N1CCCC(C(=O)NC2CC(F)(F)C2)C1. The number of alkyl halides is 2. The van der Waals surface area contributed by atoms with E-state index in [4.69, 9.17) is 0 Å². The molecule has 4 rings (SSSR count). The van der Waals surface area contributed by atoms with Gasteiger partial charge in [0, 0.05) is 45.2 Å². The van der Waals surface area contributed by atoms with Crippen molar-refractivity contribution < 1.29 is 13.6 Å². The molecule has 26 heavy (non-hydrogen) atoms. The van der Waals surface area contributed by atoms with E-state index >= 15 is 0 Å². The first-order valence-electron chi connectivity index (χ1n) is 8.88. The summed E-state index contributed by atoms with van der Waals surface area (Å²) >= 11 is 0. The van der Waals surface area contributed by atoms with Crippen molar-refractivity contribution in [3.8, 4) is 0 Å². The molecule has 1 saturated carbocycles. The molecular formula is C17H22F2N6O. The van der Waals surface area contributed by atoms with Crippen LogP contribution in [0, 0.1) is 5.92 Å². The Labute approximate surface area is 149 Å². The number of aromatic amines is 1. The third-order valence-corrected chi connectivity index (χ3v) is 5.27. The first-order chi connectivity index (χ1) is 12.4. The van der Waals surface area contributed by atoms with Gasteiger partial charge in [0.1, 0.15) is 12.0 Å². The van der Waals surface area contributed by atoms with Gasteiger partial charge in [0.15, 0.2) is 5.82 Å². The van der Waals surface area contributed by atoms with Gasteiger partial charge < -0.3 is 10.3 Å². The largest absolute Gasteiger partial charge is 0.353 e. The molecule has 140 valence electrons. The van der Waals surface area contributed by atoms with Crippen LogP contribution in [0.1, 0.15) is 25.7 Å². The van der Waals surface area contributed by atoms with Gasteiger partial charge in [0.2, 0.25) is 5.91 Å². The van der Waals surface area contributed by atoms with Gasteiger partial charge in [-0.25, -0.2) is 23.8 Å². The molecule has 2 aliphatic rings. The van der Waals surface area contributed by atoms with Crippen LogP contribution in [0.5, 0.6) is 0 Å². The van der Waals surface area contributed by atoms with Crippen LogP contribution in [0.25, 0.3) is 11.0 Å². The summed E-state index contributed by atoms with van der Waals surface area (Å²) < 4.78 is 25.9. The molecule has 2 aromatic rings. The summed E-state index contributed by atoms with van der Waals surface area (Å²) in [6.07, 6.45) is 4.46. The Morgan fingerprint density at radius 3 is 3.00 bits per heavy atom. The van der Waals surface area contributed by atoms with Crippen LogP contribution in [0.2, 0.25) is 0 Å². The number of piperidine rings is 1. The maximum atomic E-state index is 13.0. The molecule has 0 bridgehead atoms. The number of aromatic nitrogens is 3. The molecule has 0 radical (unpaired) electrons. The van der Waals surface area contributed by atoms with Gasteiger partial charge in [-0.1, -0.05) is 0 Å². The molecule has 2 N–H and O–H groups in total. The Bertz CT molecular complexity index is 801. The number of H-pyrrole nitrogens is 1. The summed E-state index contributed by atoms with van der Waals surface area (Å²) in [6, 6.07) is 1.53. The molecule has 2 aromatic heterocycles. The van der Waals surface area contributed by atoms with Crippen molar-refractivity contribution in [2.24, 2.45) is 5.92 Å². The van der Waals surface area contributed by atoms with Crippen LogP contribution in [0.15, 0.2) is 18.6 Å². The Balaban J connectivity index is 1.41. The zero-order chi connectivity index (χ0) is 18.3. The third-order valence-electron chi connectivity index (χ3n) is 5.27. The third kappa shape index (κ3) is 3.23. The number of rotatable bonds is 4. The number of anilines is 1.